The smallest absolute Gasteiger partial charge is 0.410 e. The van der Waals surface area contributed by atoms with Crippen LogP contribution in [0.2, 0.25) is 0 Å². The average Bonchev–Trinajstić information content (AvgIpc) is 3.23. The van der Waals surface area contributed by atoms with E-state index in [1.54, 1.807) is 0 Å². The first-order chi connectivity index (χ1) is 17.5. The van der Waals surface area contributed by atoms with Gasteiger partial charge < -0.3 is 20.5 Å². The molecule has 1 aromatic rings. The van der Waals surface area contributed by atoms with Crippen molar-refractivity contribution in [1.82, 2.24) is 5.32 Å². The number of benzene rings is 1. The molecule has 7 nitrogen and oxygen atoms in total. The first kappa shape index (κ1) is 23.4. The molecule has 36 heavy (non-hydrogen) atoms. The first-order valence-electron chi connectivity index (χ1n) is 14.4. The maximum absolute atomic E-state index is 12.4. The third-order valence-corrected chi connectivity index (χ3v) is 10.3. The van der Waals surface area contributed by atoms with Crippen molar-refractivity contribution in [1.29, 1.82) is 0 Å². The van der Waals surface area contributed by atoms with Crippen molar-refractivity contribution in [3.8, 4) is 5.75 Å². The van der Waals surface area contributed by atoms with Crippen molar-refractivity contribution >= 4 is 6.09 Å². The molecule has 7 aliphatic rings. The highest BCUT2D eigenvalue weighted by Crippen LogP contribution is 2.64. The summed E-state index contributed by atoms with van der Waals surface area (Å²) >= 11 is 0. The Labute approximate surface area is 213 Å². The van der Waals surface area contributed by atoms with Gasteiger partial charge >= 0.3 is 6.09 Å². The molecule has 6 saturated carbocycles. The molecular formula is C29H40N2O5. The highest BCUT2D eigenvalue weighted by molar-refractivity contribution is 5.70. The van der Waals surface area contributed by atoms with Gasteiger partial charge in [-0.15, -0.1) is 0 Å². The molecule has 196 valence electrons. The lowest BCUT2D eigenvalue weighted by molar-refractivity contribution is -0.390. The van der Waals surface area contributed by atoms with Crippen LogP contribution in [-0.2, 0) is 14.5 Å². The van der Waals surface area contributed by atoms with Crippen molar-refractivity contribution < 1.29 is 24.0 Å². The van der Waals surface area contributed by atoms with Crippen molar-refractivity contribution in [2.75, 3.05) is 0 Å². The van der Waals surface area contributed by atoms with Crippen molar-refractivity contribution in [3.05, 3.63) is 29.8 Å². The van der Waals surface area contributed by atoms with Gasteiger partial charge in [-0.05, 0) is 106 Å². The average molecular weight is 497 g/mol. The zero-order valence-corrected chi connectivity index (χ0v) is 21.2. The van der Waals surface area contributed by atoms with E-state index >= 15 is 0 Å². The number of nitrogens with two attached hydrogens (primary N) is 1. The number of carbonyl (C=O) groups excluding carboxylic acids is 1. The van der Waals surface area contributed by atoms with E-state index in [-0.39, 0.29) is 18.2 Å². The molecule has 6 aliphatic carbocycles. The summed E-state index contributed by atoms with van der Waals surface area (Å²) in [6.45, 7) is 0. The number of nitrogens with one attached hydrogen (secondary N) is 1. The van der Waals surface area contributed by atoms with Crippen molar-refractivity contribution in [2.45, 2.75) is 113 Å². The maximum Gasteiger partial charge on any atom is 0.412 e. The Morgan fingerprint density at radius 3 is 2.31 bits per heavy atom. The molecule has 4 bridgehead atoms. The Bertz CT molecular complexity index is 946. The fraction of sp³-hybridized carbons (Fsp3) is 0.759. The normalized spacial score (nSPS) is 45.3. The van der Waals surface area contributed by atoms with Crippen molar-refractivity contribution in [2.24, 2.45) is 29.4 Å². The molecule has 3 N–H and O–H groups in total. The van der Waals surface area contributed by atoms with Crippen LogP contribution in [0.15, 0.2) is 24.3 Å². The van der Waals surface area contributed by atoms with E-state index in [1.807, 2.05) is 12.1 Å². The molecule has 1 aliphatic heterocycles. The predicted octanol–water partition coefficient (Wildman–Crippen LogP) is 5.53. The minimum atomic E-state index is -0.629. The zero-order valence-electron chi connectivity index (χ0n) is 21.2. The zero-order chi connectivity index (χ0) is 24.3. The quantitative estimate of drug-likeness (QED) is 0.535. The second-order valence-electron chi connectivity index (χ2n) is 12.7. The van der Waals surface area contributed by atoms with Crippen LogP contribution >= 0.6 is 0 Å². The van der Waals surface area contributed by atoms with Gasteiger partial charge in [0.05, 0.1) is 0 Å². The predicted molar refractivity (Wildman–Crippen MR) is 133 cm³/mol. The lowest BCUT2D eigenvalue weighted by Crippen LogP contribution is -2.59. The summed E-state index contributed by atoms with van der Waals surface area (Å²) in [6, 6.07) is 8.39. The van der Waals surface area contributed by atoms with Gasteiger partial charge in [0.2, 0.25) is 11.6 Å². The van der Waals surface area contributed by atoms with Crippen LogP contribution in [0.25, 0.3) is 0 Å². The molecule has 1 amide bonds. The maximum atomic E-state index is 12.4. The molecule has 1 heterocycles. The van der Waals surface area contributed by atoms with Gasteiger partial charge in [0, 0.05) is 36.8 Å². The highest BCUT2D eigenvalue weighted by Gasteiger charge is 2.67. The summed E-state index contributed by atoms with van der Waals surface area (Å²) in [7, 11) is 0. The van der Waals surface area contributed by atoms with Crippen LogP contribution in [0.5, 0.6) is 5.75 Å². The van der Waals surface area contributed by atoms with E-state index in [2.05, 4.69) is 17.4 Å². The summed E-state index contributed by atoms with van der Waals surface area (Å²) in [5.74, 6) is 2.47. The molecule has 7 heteroatoms. The van der Waals surface area contributed by atoms with Gasteiger partial charge in [0.15, 0.2) is 0 Å². The molecule has 2 atom stereocenters. The Hall–Kier alpha value is -1.67. The van der Waals surface area contributed by atoms with E-state index in [1.165, 1.54) is 37.7 Å². The van der Waals surface area contributed by atoms with Gasteiger partial charge in [-0.3, -0.25) is 0 Å². The van der Waals surface area contributed by atoms with Gasteiger partial charge in [-0.1, -0.05) is 12.1 Å². The third kappa shape index (κ3) is 4.16. The van der Waals surface area contributed by atoms with E-state index in [0.29, 0.717) is 23.5 Å². The Morgan fingerprint density at radius 1 is 0.917 bits per heavy atom. The minimum absolute atomic E-state index is 0.154. The molecule has 1 saturated heterocycles. The molecule has 1 unspecified atom stereocenters. The highest BCUT2D eigenvalue weighted by atomic mass is 17.3. The second-order valence-corrected chi connectivity index (χ2v) is 12.7. The summed E-state index contributed by atoms with van der Waals surface area (Å²) in [5.41, 5.74) is 7.20. The number of amides is 1. The van der Waals surface area contributed by atoms with Crippen LogP contribution in [0, 0.1) is 23.7 Å². The fourth-order valence-electron chi connectivity index (χ4n) is 8.63. The number of hydrogen-bond donors (Lipinski definition) is 2. The lowest BCUT2D eigenvalue weighted by atomic mass is 9.53. The van der Waals surface area contributed by atoms with Crippen molar-refractivity contribution in [3.63, 3.8) is 0 Å². The Kier molecular flexibility index (Phi) is 5.84. The monoisotopic (exact) mass is 496 g/mol. The third-order valence-electron chi connectivity index (χ3n) is 10.3. The summed E-state index contributed by atoms with van der Waals surface area (Å²) < 4.78 is 12.5. The van der Waals surface area contributed by atoms with Gasteiger partial charge in [-0.25, -0.2) is 4.79 Å². The topological polar surface area (TPSA) is 92.0 Å². The Morgan fingerprint density at radius 2 is 1.61 bits per heavy atom. The molecular weight excluding hydrogens is 456 g/mol. The van der Waals surface area contributed by atoms with E-state index in [9.17, 15) is 4.79 Å². The van der Waals surface area contributed by atoms with E-state index in [0.717, 1.165) is 63.2 Å². The fourth-order valence-corrected chi connectivity index (χ4v) is 8.63. The number of ether oxygens (including phenoxy) is 2. The standard InChI is InChI=1S/C29H40N2O5/c30-24-5-7-25(8-6-24)31-27(32)33-26-9-3-20(4-10-26)21-2-1-11-28(17-21)34-29(36-35-28)22-13-18-12-19(15-22)16-23(29)14-18/h3-4,9-10,18-19,21-25H,1-2,5-8,11-17,30H2,(H,31,32)/t18?,19?,21-,22?,23?,24-,25-,28?,29?/m1/s1. The number of rotatable bonds is 3. The summed E-state index contributed by atoms with van der Waals surface area (Å²) in [5, 5.41) is 2.99. The van der Waals surface area contributed by atoms with Gasteiger partial charge in [0.25, 0.3) is 0 Å². The van der Waals surface area contributed by atoms with Crippen LogP contribution in [0.3, 0.4) is 0 Å². The van der Waals surface area contributed by atoms with Gasteiger partial charge in [0.1, 0.15) is 5.75 Å². The molecule has 1 aromatic carbocycles. The van der Waals surface area contributed by atoms with Crippen LogP contribution in [0.4, 0.5) is 4.79 Å². The van der Waals surface area contributed by atoms with Crippen LogP contribution in [0.1, 0.15) is 95.0 Å². The van der Waals surface area contributed by atoms with E-state index in [4.69, 9.17) is 25.0 Å². The molecule has 0 radical (unpaired) electrons. The number of carbonyl (C=O) groups is 1. The SMILES string of the molecule is N[C@H]1CC[C@H](NC(=O)Oc2ccc([C@@H]3CCCC4(C3)OOC3(O4)C4CC5CC(C4)CC3C5)cc2)CC1. The van der Waals surface area contributed by atoms with Crippen LogP contribution in [-0.4, -0.2) is 29.8 Å². The first-order valence-corrected chi connectivity index (χ1v) is 14.4. The summed E-state index contributed by atoms with van der Waals surface area (Å²) in [4.78, 5) is 24.8. The lowest BCUT2D eigenvalue weighted by Gasteiger charge is -2.57. The summed E-state index contributed by atoms with van der Waals surface area (Å²) in [6.07, 6.45) is 13.5. The molecule has 8 rings (SSSR count). The molecule has 2 spiro atoms. The van der Waals surface area contributed by atoms with E-state index < -0.39 is 11.6 Å². The molecule has 7 fully saturated rings. The molecule has 0 aromatic heterocycles. The second kappa shape index (κ2) is 8.97. The Balaban J connectivity index is 0.980. The number of hydrogen-bond acceptors (Lipinski definition) is 6. The van der Waals surface area contributed by atoms with Gasteiger partial charge in [-0.2, -0.15) is 9.78 Å². The van der Waals surface area contributed by atoms with Crippen LogP contribution < -0.4 is 15.8 Å². The minimum Gasteiger partial charge on any atom is -0.410 e. The largest absolute Gasteiger partial charge is 0.412 e.